The summed E-state index contributed by atoms with van der Waals surface area (Å²) in [6.07, 6.45) is 3.52. The first-order valence-electron chi connectivity index (χ1n) is 6.32. The van der Waals surface area contributed by atoms with Crippen molar-refractivity contribution in [1.29, 1.82) is 0 Å². The summed E-state index contributed by atoms with van der Waals surface area (Å²) in [5.74, 6) is 0.906. The van der Waals surface area contributed by atoms with Crippen LogP contribution in [0, 0.1) is 5.92 Å². The zero-order chi connectivity index (χ0) is 10.7. The summed E-state index contributed by atoms with van der Waals surface area (Å²) in [4.78, 5) is 2.59. The average Bonchev–Trinajstić information content (AvgIpc) is 2.17. The van der Waals surface area contributed by atoms with Crippen LogP contribution in [0.15, 0.2) is 0 Å². The summed E-state index contributed by atoms with van der Waals surface area (Å²) in [7, 11) is 0. The summed E-state index contributed by atoms with van der Waals surface area (Å²) in [5, 5.41) is 3.43. The quantitative estimate of drug-likeness (QED) is 0.802. The van der Waals surface area contributed by atoms with Gasteiger partial charge in [-0.3, -0.25) is 4.90 Å². The molecule has 0 aromatic heterocycles. The van der Waals surface area contributed by atoms with Gasteiger partial charge in [0.25, 0.3) is 0 Å². The second-order valence-corrected chi connectivity index (χ2v) is 5.17. The second kappa shape index (κ2) is 6.80. The standard InChI is InChI=1S/C12H24N2O.ClH/c1-10-7-14(8-11(2)15-10)9-12-3-5-13-6-4-12;/h10-13H,3-9H2,1-2H3;1H/t10-,11+;. The molecule has 4 heteroatoms. The van der Waals surface area contributed by atoms with Gasteiger partial charge in [0.2, 0.25) is 0 Å². The highest BCUT2D eigenvalue weighted by Gasteiger charge is 2.24. The molecule has 2 heterocycles. The van der Waals surface area contributed by atoms with Gasteiger partial charge in [-0.25, -0.2) is 0 Å². The number of hydrogen-bond donors (Lipinski definition) is 1. The number of piperidine rings is 1. The number of halogens is 1. The third-order valence-electron chi connectivity index (χ3n) is 3.47. The summed E-state index contributed by atoms with van der Waals surface area (Å²) < 4.78 is 5.75. The molecule has 0 spiro atoms. The molecule has 2 aliphatic rings. The van der Waals surface area contributed by atoms with Gasteiger partial charge >= 0.3 is 0 Å². The van der Waals surface area contributed by atoms with Crippen molar-refractivity contribution in [1.82, 2.24) is 10.2 Å². The van der Waals surface area contributed by atoms with Gasteiger partial charge in [0.05, 0.1) is 12.2 Å². The van der Waals surface area contributed by atoms with E-state index in [1.165, 1.54) is 32.5 Å². The van der Waals surface area contributed by atoms with Crippen molar-refractivity contribution in [3.05, 3.63) is 0 Å². The Labute approximate surface area is 105 Å². The molecule has 0 unspecified atom stereocenters. The van der Waals surface area contributed by atoms with Crippen LogP contribution in [0.3, 0.4) is 0 Å². The van der Waals surface area contributed by atoms with E-state index in [2.05, 4.69) is 24.1 Å². The van der Waals surface area contributed by atoms with Crippen molar-refractivity contribution >= 4 is 12.4 Å². The molecule has 0 aromatic carbocycles. The lowest BCUT2D eigenvalue weighted by Crippen LogP contribution is -2.48. The molecule has 2 saturated heterocycles. The molecule has 0 bridgehead atoms. The van der Waals surface area contributed by atoms with Gasteiger partial charge in [-0.05, 0) is 45.7 Å². The fourth-order valence-electron chi connectivity index (χ4n) is 2.86. The van der Waals surface area contributed by atoms with Crippen LogP contribution in [-0.2, 0) is 4.74 Å². The minimum absolute atomic E-state index is 0. The van der Waals surface area contributed by atoms with E-state index in [0.717, 1.165) is 19.0 Å². The van der Waals surface area contributed by atoms with E-state index in [1.807, 2.05) is 0 Å². The molecule has 0 aliphatic carbocycles. The predicted molar refractivity (Wildman–Crippen MR) is 69.3 cm³/mol. The molecule has 0 amide bonds. The van der Waals surface area contributed by atoms with Crippen molar-refractivity contribution in [2.75, 3.05) is 32.7 Å². The van der Waals surface area contributed by atoms with Crippen LogP contribution >= 0.6 is 12.4 Å². The highest BCUT2D eigenvalue weighted by atomic mass is 35.5. The summed E-state index contributed by atoms with van der Waals surface area (Å²) in [5.41, 5.74) is 0. The van der Waals surface area contributed by atoms with Crippen molar-refractivity contribution in [2.45, 2.75) is 38.9 Å². The molecule has 2 rings (SSSR count). The Hall–Kier alpha value is 0.170. The molecule has 16 heavy (non-hydrogen) atoms. The van der Waals surface area contributed by atoms with E-state index in [-0.39, 0.29) is 12.4 Å². The topological polar surface area (TPSA) is 24.5 Å². The van der Waals surface area contributed by atoms with Crippen molar-refractivity contribution in [3.63, 3.8) is 0 Å². The molecule has 0 saturated carbocycles. The molecule has 0 aromatic rings. The van der Waals surface area contributed by atoms with E-state index in [1.54, 1.807) is 0 Å². The molecule has 96 valence electrons. The summed E-state index contributed by atoms with van der Waals surface area (Å²) in [6.45, 7) is 10.3. The molecule has 2 fully saturated rings. The van der Waals surface area contributed by atoms with Crippen LogP contribution in [-0.4, -0.2) is 49.8 Å². The minimum Gasteiger partial charge on any atom is -0.373 e. The molecular formula is C12H25ClN2O. The summed E-state index contributed by atoms with van der Waals surface area (Å²) >= 11 is 0. The smallest absolute Gasteiger partial charge is 0.0678 e. The van der Waals surface area contributed by atoms with Crippen LogP contribution in [0.2, 0.25) is 0 Å². The van der Waals surface area contributed by atoms with E-state index in [4.69, 9.17) is 4.74 Å². The van der Waals surface area contributed by atoms with Gasteiger partial charge in [-0.15, -0.1) is 12.4 Å². The first-order valence-corrected chi connectivity index (χ1v) is 6.32. The number of nitrogens with zero attached hydrogens (tertiary/aromatic N) is 1. The largest absolute Gasteiger partial charge is 0.373 e. The highest BCUT2D eigenvalue weighted by Crippen LogP contribution is 2.17. The third-order valence-corrected chi connectivity index (χ3v) is 3.47. The number of nitrogens with one attached hydrogen (secondary N) is 1. The molecule has 2 aliphatic heterocycles. The lowest BCUT2D eigenvalue weighted by molar-refractivity contribution is -0.0722. The van der Waals surface area contributed by atoms with Crippen LogP contribution in [0.25, 0.3) is 0 Å². The summed E-state index contributed by atoms with van der Waals surface area (Å²) in [6, 6.07) is 0. The van der Waals surface area contributed by atoms with E-state index >= 15 is 0 Å². The number of ether oxygens (including phenoxy) is 1. The minimum atomic E-state index is 0. The van der Waals surface area contributed by atoms with Crippen LogP contribution in [0.4, 0.5) is 0 Å². The van der Waals surface area contributed by atoms with Gasteiger partial charge in [0.1, 0.15) is 0 Å². The van der Waals surface area contributed by atoms with Gasteiger partial charge in [0, 0.05) is 19.6 Å². The van der Waals surface area contributed by atoms with Crippen molar-refractivity contribution in [2.24, 2.45) is 5.92 Å². The third kappa shape index (κ3) is 4.21. The maximum atomic E-state index is 5.75. The Kier molecular flexibility index (Phi) is 6.05. The maximum absolute atomic E-state index is 5.75. The van der Waals surface area contributed by atoms with E-state index in [0.29, 0.717) is 12.2 Å². The van der Waals surface area contributed by atoms with Crippen molar-refractivity contribution in [3.8, 4) is 0 Å². The molecule has 1 N–H and O–H groups in total. The fraction of sp³-hybridized carbons (Fsp3) is 1.00. The maximum Gasteiger partial charge on any atom is 0.0678 e. The Morgan fingerprint density at radius 2 is 1.69 bits per heavy atom. The molecule has 0 radical (unpaired) electrons. The number of rotatable bonds is 2. The van der Waals surface area contributed by atoms with Crippen LogP contribution in [0.5, 0.6) is 0 Å². The zero-order valence-electron chi connectivity index (χ0n) is 10.4. The Morgan fingerprint density at radius 1 is 1.12 bits per heavy atom. The molecule has 3 nitrogen and oxygen atoms in total. The van der Waals surface area contributed by atoms with E-state index in [9.17, 15) is 0 Å². The SMILES string of the molecule is C[C@@H]1CN(CC2CCNCC2)C[C@H](C)O1.Cl. The van der Waals surface area contributed by atoms with Crippen LogP contribution in [0.1, 0.15) is 26.7 Å². The first-order chi connectivity index (χ1) is 7.24. The van der Waals surface area contributed by atoms with E-state index < -0.39 is 0 Å². The van der Waals surface area contributed by atoms with Gasteiger partial charge in [-0.1, -0.05) is 0 Å². The van der Waals surface area contributed by atoms with Gasteiger partial charge < -0.3 is 10.1 Å². The number of morpholine rings is 1. The van der Waals surface area contributed by atoms with Gasteiger partial charge in [-0.2, -0.15) is 0 Å². The van der Waals surface area contributed by atoms with Crippen molar-refractivity contribution < 1.29 is 4.74 Å². The Bertz CT molecular complexity index is 187. The second-order valence-electron chi connectivity index (χ2n) is 5.17. The molecule has 2 atom stereocenters. The zero-order valence-corrected chi connectivity index (χ0v) is 11.3. The normalized spacial score (nSPS) is 33.4. The number of hydrogen-bond acceptors (Lipinski definition) is 3. The highest BCUT2D eigenvalue weighted by molar-refractivity contribution is 5.85. The lowest BCUT2D eigenvalue weighted by atomic mass is 9.97. The Balaban J connectivity index is 0.00000128. The average molecular weight is 249 g/mol. The van der Waals surface area contributed by atoms with Crippen LogP contribution < -0.4 is 5.32 Å². The molecular weight excluding hydrogens is 224 g/mol. The predicted octanol–water partition coefficient (Wildman–Crippen LogP) is 1.52. The van der Waals surface area contributed by atoms with Gasteiger partial charge in [0.15, 0.2) is 0 Å². The Morgan fingerprint density at radius 3 is 2.25 bits per heavy atom. The monoisotopic (exact) mass is 248 g/mol. The first kappa shape index (κ1) is 14.2. The fourth-order valence-corrected chi connectivity index (χ4v) is 2.86. The lowest BCUT2D eigenvalue weighted by Gasteiger charge is -2.38.